The molecule has 0 N–H and O–H groups in total. The zero-order chi connectivity index (χ0) is 21.4. The number of anilines is 1. The van der Waals surface area contributed by atoms with E-state index in [0.29, 0.717) is 42.7 Å². The molecule has 1 aliphatic heterocycles. The van der Waals surface area contributed by atoms with Crippen LogP contribution in [0.5, 0.6) is 0 Å². The number of piperazine rings is 1. The van der Waals surface area contributed by atoms with Crippen molar-refractivity contribution in [2.24, 2.45) is 0 Å². The molecule has 0 unspecified atom stereocenters. The summed E-state index contributed by atoms with van der Waals surface area (Å²) in [6.07, 6.45) is 0. The second-order valence-corrected chi connectivity index (χ2v) is 7.90. The van der Waals surface area contributed by atoms with Crippen LogP contribution in [0.25, 0.3) is 16.6 Å². The molecule has 1 saturated heterocycles. The highest BCUT2D eigenvalue weighted by atomic mass is 35.5. The highest BCUT2D eigenvalue weighted by Gasteiger charge is 2.26. The zero-order valence-corrected chi connectivity index (χ0v) is 17.7. The van der Waals surface area contributed by atoms with Crippen LogP contribution in [0.3, 0.4) is 0 Å². The smallest absolute Gasteiger partial charge is 0.255 e. The maximum absolute atomic E-state index is 13.2. The Kier molecular flexibility index (Phi) is 4.99. The van der Waals surface area contributed by atoms with E-state index in [9.17, 15) is 4.79 Å². The number of aryl methyl sites for hydroxylation is 1. The molecule has 1 fully saturated rings. The Morgan fingerprint density at radius 2 is 1.77 bits per heavy atom. The maximum atomic E-state index is 13.2. The number of pyridine rings is 1. The van der Waals surface area contributed by atoms with E-state index in [0.717, 1.165) is 22.3 Å². The van der Waals surface area contributed by atoms with E-state index in [-0.39, 0.29) is 5.91 Å². The number of benzene rings is 2. The molecule has 1 amide bonds. The molecule has 0 radical (unpaired) electrons. The van der Waals surface area contributed by atoms with Gasteiger partial charge in [-0.25, -0.2) is 0 Å². The quantitative estimate of drug-likeness (QED) is 0.494. The number of hydrogen-bond donors (Lipinski definition) is 0. The van der Waals surface area contributed by atoms with E-state index >= 15 is 0 Å². The first-order valence-electron chi connectivity index (χ1n) is 10.0. The predicted molar refractivity (Wildman–Crippen MR) is 119 cm³/mol. The second-order valence-electron chi connectivity index (χ2n) is 7.46. The molecule has 0 spiro atoms. The van der Waals surface area contributed by atoms with Crippen LogP contribution in [0.4, 0.5) is 5.95 Å². The Morgan fingerprint density at radius 1 is 1.00 bits per heavy atom. The first kappa shape index (κ1) is 19.4. The molecule has 9 heteroatoms. The Morgan fingerprint density at radius 3 is 2.55 bits per heavy atom. The average molecular weight is 434 g/mol. The minimum absolute atomic E-state index is 0.0193. The summed E-state index contributed by atoms with van der Waals surface area (Å²) in [6.45, 7) is 4.31. The summed E-state index contributed by atoms with van der Waals surface area (Å²) in [5.74, 6) is 0.658. The van der Waals surface area contributed by atoms with Gasteiger partial charge >= 0.3 is 0 Å². The summed E-state index contributed by atoms with van der Waals surface area (Å²) in [5, 5.41) is 13.7. The number of tetrazole rings is 1. The first-order chi connectivity index (χ1) is 15.1. The summed E-state index contributed by atoms with van der Waals surface area (Å²) in [7, 11) is 0. The Bertz CT molecular complexity index is 1250. The van der Waals surface area contributed by atoms with Crippen molar-refractivity contribution < 1.29 is 4.79 Å². The third-order valence-corrected chi connectivity index (χ3v) is 5.74. The lowest BCUT2D eigenvalue weighted by atomic mass is 10.1. The number of fused-ring (bicyclic) bond motifs is 1. The largest absolute Gasteiger partial charge is 0.336 e. The van der Waals surface area contributed by atoms with Crippen LogP contribution in [0.15, 0.2) is 54.6 Å². The molecule has 0 aliphatic carbocycles. The molecule has 2 aromatic heterocycles. The number of hydrogen-bond acceptors (Lipinski definition) is 6. The lowest BCUT2D eigenvalue weighted by Crippen LogP contribution is -2.49. The summed E-state index contributed by atoms with van der Waals surface area (Å²) >= 11 is 6.11. The molecule has 0 saturated carbocycles. The zero-order valence-electron chi connectivity index (χ0n) is 16.9. The fraction of sp³-hybridized carbons (Fsp3) is 0.227. The molecule has 0 bridgehead atoms. The van der Waals surface area contributed by atoms with Gasteiger partial charge in [-0.3, -0.25) is 9.78 Å². The van der Waals surface area contributed by atoms with E-state index < -0.39 is 0 Å². The second kappa shape index (κ2) is 7.96. The Balaban J connectivity index is 1.34. The fourth-order valence-electron chi connectivity index (χ4n) is 3.86. The number of amides is 1. The van der Waals surface area contributed by atoms with Gasteiger partial charge in [0, 0.05) is 36.6 Å². The number of rotatable bonds is 3. The molecule has 31 heavy (non-hydrogen) atoms. The summed E-state index contributed by atoms with van der Waals surface area (Å²) in [4.78, 5) is 21.8. The summed E-state index contributed by atoms with van der Waals surface area (Å²) in [6, 6.07) is 17.2. The molecular formula is C22H20ClN7O. The molecule has 8 nitrogen and oxygen atoms in total. The fourth-order valence-corrected chi connectivity index (χ4v) is 4.04. The number of aromatic nitrogens is 5. The SMILES string of the molecule is Cc1nc2ccc(Cl)cc2cc1C(=O)N1CCN(c2nnnn2-c2ccccc2)CC1. The molecule has 3 heterocycles. The highest BCUT2D eigenvalue weighted by molar-refractivity contribution is 6.31. The van der Waals surface area contributed by atoms with E-state index in [1.54, 1.807) is 10.7 Å². The molecule has 5 rings (SSSR count). The molecule has 2 aromatic carbocycles. The predicted octanol–water partition coefficient (Wildman–Crippen LogP) is 3.13. The monoisotopic (exact) mass is 433 g/mol. The maximum Gasteiger partial charge on any atom is 0.255 e. The van der Waals surface area contributed by atoms with E-state index in [4.69, 9.17) is 11.6 Å². The van der Waals surface area contributed by atoms with Crippen LogP contribution in [0.2, 0.25) is 5.02 Å². The van der Waals surface area contributed by atoms with Gasteiger partial charge in [-0.1, -0.05) is 34.9 Å². The molecule has 1 aliphatic rings. The minimum atomic E-state index is -0.0193. The van der Waals surface area contributed by atoms with Crippen molar-refractivity contribution in [3.8, 4) is 5.69 Å². The normalized spacial score (nSPS) is 14.3. The van der Waals surface area contributed by atoms with E-state index in [1.807, 2.05) is 60.4 Å². The lowest BCUT2D eigenvalue weighted by Gasteiger charge is -2.35. The van der Waals surface area contributed by atoms with Crippen molar-refractivity contribution in [3.05, 3.63) is 70.9 Å². The van der Waals surface area contributed by atoms with Gasteiger partial charge in [0.2, 0.25) is 5.95 Å². The average Bonchev–Trinajstić information content (AvgIpc) is 3.29. The van der Waals surface area contributed by atoms with Crippen molar-refractivity contribution >= 4 is 34.4 Å². The van der Waals surface area contributed by atoms with Gasteiger partial charge in [0.05, 0.1) is 22.5 Å². The number of para-hydroxylation sites is 1. The lowest BCUT2D eigenvalue weighted by molar-refractivity contribution is 0.0745. The minimum Gasteiger partial charge on any atom is -0.336 e. The van der Waals surface area contributed by atoms with Crippen LogP contribution in [0, 0.1) is 6.92 Å². The van der Waals surface area contributed by atoms with Crippen LogP contribution in [0.1, 0.15) is 16.1 Å². The van der Waals surface area contributed by atoms with Crippen LogP contribution in [-0.4, -0.2) is 62.2 Å². The van der Waals surface area contributed by atoms with Gasteiger partial charge in [0.1, 0.15) is 0 Å². The summed E-state index contributed by atoms with van der Waals surface area (Å²) < 4.78 is 1.72. The van der Waals surface area contributed by atoms with E-state index in [1.165, 1.54) is 0 Å². The van der Waals surface area contributed by atoms with Gasteiger partial charge < -0.3 is 9.80 Å². The van der Waals surface area contributed by atoms with Gasteiger partial charge in [0.25, 0.3) is 5.91 Å². The molecule has 156 valence electrons. The highest BCUT2D eigenvalue weighted by Crippen LogP contribution is 2.23. The standard InChI is InChI=1S/C22H20ClN7O/c1-15-19(14-16-13-17(23)7-8-20(16)24-15)21(31)28-9-11-29(12-10-28)22-25-26-27-30(22)18-5-3-2-4-6-18/h2-8,13-14H,9-12H2,1H3. The van der Waals surface area contributed by atoms with Crippen LogP contribution >= 0.6 is 11.6 Å². The van der Waals surface area contributed by atoms with Crippen LogP contribution < -0.4 is 4.90 Å². The van der Waals surface area contributed by atoms with Crippen molar-refractivity contribution in [2.45, 2.75) is 6.92 Å². The van der Waals surface area contributed by atoms with Gasteiger partial charge in [-0.2, -0.15) is 4.68 Å². The van der Waals surface area contributed by atoms with Gasteiger partial charge in [-0.05, 0) is 53.7 Å². The van der Waals surface area contributed by atoms with E-state index in [2.05, 4.69) is 25.4 Å². The van der Waals surface area contributed by atoms with Gasteiger partial charge in [-0.15, -0.1) is 0 Å². The van der Waals surface area contributed by atoms with Crippen molar-refractivity contribution in [1.29, 1.82) is 0 Å². The number of halogens is 1. The van der Waals surface area contributed by atoms with Crippen molar-refractivity contribution in [1.82, 2.24) is 30.1 Å². The van der Waals surface area contributed by atoms with Crippen molar-refractivity contribution in [3.63, 3.8) is 0 Å². The van der Waals surface area contributed by atoms with Crippen LogP contribution in [-0.2, 0) is 0 Å². The van der Waals surface area contributed by atoms with Crippen molar-refractivity contribution in [2.75, 3.05) is 31.1 Å². The molecular weight excluding hydrogens is 414 g/mol. The number of carbonyl (C=O) groups excluding carboxylic acids is 1. The number of carbonyl (C=O) groups is 1. The Hall–Kier alpha value is -3.52. The Labute approximate surface area is 184 Å². The third kappa shape index (κ3) is 3.70. The number of nitrogens with zero attached hydrogens (tertiary/aromatic N) is 7. The topological polar surface area (TPSA) is 80.0 Å². The summed E-state index contributed by atoms with van der Waals surface area (Å²) in [5.41, 5.74) is 3.06. The van der Waals surface area contributed by atoms with Gasteiger partial charge in [0.15, 0.2) is 0 Å². The first-order valence-corrected chi connectivity index (χ1v) is 10.4. The third-order valence-electron chi connectivity index (χ3n) is 5.50. The molecule has 4 aromatic rings. The molecule has 0 atom stereocenters.